The summed E-state index contributed by atoms with van der Waals surface area (Å²) in [5.41, 5.74) is 3.19. The second kappa shape index (κ2) is 5.31. The smallest absolute Gasteiger partial charge is 0.0366 e. The molecular formula is C16H26N2. The van der Waals surface area contributed by atoms with Gasteiger partial charge in [0.2, 0.25) is 0 Å². The molecule has 1 fully saturated rings. The highest BCUT2D eigenvalue weighted by Gasteiger charge is 2.29. The van der Waals surface area contributed by atoms with E-state index in [0.717, 1.165) is 19.6 Å². The van der Waals surface area contributed by atoms with Crippen LogP contribution in [0.3, 0.4) is 0 Å². The van der Waals surface area contributed by atoms with Gasteiger partial charge in [0.05, 0.1) is 0 Å². The lowest BCUT2D eigenvalue weighted by Crippen LogP contribution is -2.35. The first-order valence-corrected chi connectivity index (χ1v) is 7.02. The third-order valence-electron chi connectivity index (χ3n) is 4.05. The fraction of sp³-hybridized carbons (Fsp3) is 0.625. The van der Waals surface area contributed by atoms with Crippen molar-refractivity contribution in [2.24, 2.45) is 5.41 Å². The summed E-state index contributed by atoms with van der Waals surface area (Å²) in [6, 6.07) is 8.95. The second-order valence-electron chi connectivity index (χ2n) is 6.34. The van der Waals surface area contributed by atoms with Gasteiger partial charge < -0.3 is 10.2 Å². The van der Waals surface area contributed by atoms with Gasteiger partial charge in [0.25, 0.3) is 0 Å². The van der Waals surface area contributed by atoms with Crippen LogP contribution < -0.4 is 10.2 Å². The summed E-state index contributed by atoms with van der Waals surface area (Å²) >= 11 is 0. The molecular weight excluding hydrogens is 220 g/mol. The van der Waals surface area contributed by atoms with Crippen molar-refractivity contribution < 1.29 is 0 Å². The van der Waals surface area contributed by atoms with Crippen LogP contribution in [0.2, 0.25) is 0 Å². The van der Waals surface area contributed by atoms with Crippen molar-refractivity contribution in [3.05, 3.63) is 29.8 Å². The molecule has 100 valence electrons. The summed E-state index contributed by atoms with van der Waals surface area (Å²) in [5, 5.41) is 3.47. The lowest BCUT2D eigenvalue weighted by molar-refractivity contribution is 0.371. The topological polar surface area (TPSA) is 15.3 Å². The zero-order chi connectivity index (χ0) is 13.2. The molecule has 1 aliphatic rings. The van der Waals surface area contributed by atoms with Crippen LogP contribution in [0, 0.1) is 5.41 Å². The average molecular weight is 246 g/mol. The van der Waals surface area contributed by atoms with E-state index in [1.165, 1.54) is 17.7 Å². The van der Waals surface area contributed by atoms with Crippen molar-refractivity contribution >= 4 is 5.69 Å². The summed E-state index contributed by atoms with van der Waals surface area (Å²) in [5.74, 6) is 0.599. The third-order valence-corrected chi connectivity index (χ3v) is 4.05. The Balaban J connectivity index is 2.08. The van der Waals surface area contributed by atoms with E-state index >= 15 is 0 Å². The minimum Gasteiger partial charge on any atom is -0.374 e. The number of hydrogen-bond acceptors (Lipinski definition) is 2. The van der Waals surface area contributed by atoms with E-state index in [2.05, 4.69) is 62.3 Å². The minimum absolute atomic E-state index is 0.419. The monoisotopic (exact) mass is 246 g/mol. The molecule has 0 aromatic heterocycles. The number of nitrogens with one attached hydrogen (secondary N) is 1. The van der Waals surface area contributed by atoms with Crippen LogP contribution in [0.1, 0.15) is 38.7 Å². The van der Waals surface area contributed by atoms with Gasteiger partial charge in [-0.05, 0) is 42.0 Å². The molecule has 0 radical (unpaired) electrons. The maximum Gasteiger partial charge on any atom is 0.0366 e. The summed E-state index contributed by atoms with van der Waals surface area (Å²) < 4.78 is 0. The quantitative estimate of drug-likeness (QED) is 0.877. The van der Waals surface area contributed by atoms with Gasteiger partial charge in [0, 0.05) is 25.8 Å². The van der Waals surface area contributed by atoms with E-state index in [0.29, 0.717) is 11.3 Å². The molecule has 1 heterocycles. The number of hydrogen-bond donors (Lipinski definition) is 1. The summed E-state index contributed by atoms with van der Waals surface area (Å²) in [7, 11) is 2.21. The van der Waals surface area contributed by atoms with Gasteiger partial charge >= 0.3 is 0 Å². The zero-order valence-electron chi connectivity index (χ0n) is 12.2. The van der Waals surface area contributed by atoms with Gasteiger partial charge in [-0.15, -0.1) is 0 Å². The maximum absolute atomic E-state index is 3.47. The van der Waals surface area contributed by atoms with Gasteiger partial charge in [-0.2, -0.15) is 0 Å². The Labute approximate surface area is 111 Å². The Hall–Kier alpha value is -1.02. The molecule has 2 rings (SSSR count). The predicted molar refractivity (Wildman–Crippen MR) is 79.4 cm³/mol. The van der Waals surface area contributed by atoms with Crippen molar-refractivity contribution in [3.8, 4) is 0 Å². The zero-order valence-corrected chi connectivity index (χ0v) is 12.2. The number of benzene rings is 1. The molecule has 1 aromatic carbocycles. The van der Waals surface area contributed by atoms with E-state index in [4.69, 9.17) is 0 Å². The van der Waals surface area contributed by atoms with E-state index in [9.17, 15) is 0 Å². The van der Waals surface area contributed by atoms with Crippen LogP contribution >= 0.6 is 0 Å². The number of anilines is 1. The van der Waals surface area contributed by atoms with Gasteiger partial charge in [-0.1, -0.05) is 32.9 Å². The largest absolute Gasteiger partial charge is 0.374 e. The normalized spacial score (nSPS) is 23.6. The minimum atomic E-state index is 0.419. The van der Waals surface area contributed by atoms with Crippen LogP contribution in [0.4, 0.5) is 5.69 Å². The SMILES string of the molecule is CC(C)c1cccc(N(C)CC2(C)CCNC2)c1. The predicted octanol–water partition coefficient (Wildman–Crippen LogP) is 3.25. The molecule has 18 heavy (non-hydrogen) atoms. The van der Waals surface area contributed by atoms with Crippen molar-refractivity contribution in [3.63, 3.8) is 0 Å². The first kappa shape index (κ1) is 13.4. The fourth-order valence-electron chi connectivity index (χ4n) is 2.79. The molecule has 0 amide bonds. The Kier molecular flexibility index (Phi) is 3.96. The van der Waals surface area contributed by atoms with Crippen molar-refractivity contribution in [1.29, 1.82) is 0 Å². The first-order valence-electron chi connectivity index (χ1n) is 7.02. The van der Waals surface area contributed by atoms with E-state index in [1.54, 1.807) is 0 Å². The molecule has 1 unspecified atom stereocenters. The van der Waals surface area contributed by atoms with E-state index < -0.39 is 0 Å². The maximum atomic E-state index is 3.47. The molecule has 0 aliphatic carbocycles. The summed E-state index contributed by atoms with van der Waals surface area (Å²) in [4.78, 5) is 2.40. The van der Waals surface area contributed by atoms with Crippen molar-refractivity contribution in [2.75, 3.05) is 31.6 Å². The summed E-state index contributed by atoms with van der Waals surface area (Å²) in [6.07, 6.45) is 1.28. The third kappa shape index (κ3) is 3.05. The van der Waals surface area contributed by atoms with Crippen LogP contribution in [-0.2, 0) is 0 Å². The lowest BCUT2D eigenvalue weighted by atomic mass is 9.89. The Morgan fingerprint density at radius 2 is 2.17 bits per heavy atom. The van der Waals surface area contributed by atoms with Crippen molar-refractivity contribution in [1.82, 2.24) is 5.32 Å². The van der Waals surface area contributed by atoms with Crippen molar-refractivity contribution in [2.45, 2.75) is 33.1 Å². The fourth-order valence-corrected chi connectivity index (χ4v) is 2.79. The molecule has 2 heteroatoms. The van der Waals surface area contributed by atoms with Gasteiger partial charge in [0.1, 0.15) is 0 Å². The first-order chi connectivity index (χ1) is 8.50. The highest BCUT2D eigenvalue weighted by molar-refractivity contribution is 5.48. The Bertz CT molecular complexity index is 392. The molecule has 0 saturated carbocycles. The van der Waals surface area contributed by atoms with Gasteiger partial charge in [0.15, 0.2) is 0 Å². The van der Waals surface area contributed by atoms with E-state index in [1.807, 2.05) is 0 Å². The number of nitrogens with zero attached hydrogens (tertiary/aromatic N) is 1. The van der Waals surface area contributed by atoms with Crippen LogP contribution in [0.5, 0.6) is 0 Å². The van der Waals surface area contributed by atoms with E-state index in [-0.39, 0.29) is 0 Å². The highest BCUT2D eigenvalue weighted by atomic mass is 15.1. The van der Waals surface area contributed by atoms with Crippen LogP contribution in [0.15, 0.2) is 24.3 Å². The molecule has 0 spiro atoms. The van der Waals surface area contributed by atoms with Crippen LogP contribution in [-0.4, -0.2) is 26.7 Å². The Morgan fingerprint density at radius 3 is 2.78 bits per heavy atom. The molecule has 0 bridgehead atoms. The Morgan fingerprint density at radius 1 is 1.39 bits per heavy atom. The molecule has 1 saturated heterocycles. The lowest BCUT2D eigenvalue weighted by Gasteiger charge is -2.31. The van der Waals surface area contributed by atoms with Gasteiger partial charge in [-0.3, -0.25) is 0 Å². The second-order valence-corrected chi connectivity index (χ2v) is 6.34. The molecule has 1 N–H and O–H groups in total. The standard InChI is InChI=1S/C16H26N2/c1-13(2)14-6-5-7-15(10-14)18(4)12-16(3)8-9-17-11-16/h5-7,10,13,17H,8-9,11-12H2,1-4H3. The average Bonchev–Trinajstić information content (AvgIpc) is 2.76. The molecule has 1 aliphatic heterocycles. The molecule has 1 atom stereocenters. The number of rotatable bonds is 4. The highest BCUT2D eigenvalue weighted by Crippen LogP contribution is 2.28. The van der Waals surface area contributed by atoms with Crippen LogP contribution in [0.25, 0.3) is 0 Å². The molecule has 1 aromatic rings. The summed E-state index contributed by atoms with van der Waals surface area (Å²) in [6.45, 7) is 10.3. The molecule has 2 nitrogen and oxygen atoms in total. The van der Waals surface area contributed by atoms with Gasteiger partial charge in [-0.25, -0.2) is 0 Å².